The van der Waals surface area contributed by atoms with Crippen molar-refractivity contribution in [3.05, 3.63) is 35.4 Å². The van der Waals surface area contributed by atoms with Gasteiger partial charge in [0.2, 0.25) is 0 Å². The Morgan fingerprint density at radius 2 is 1.67 bits per heavy atom. The molecule has 0 aromatic heterocycles. The smallest absolute Gasteiger partial charge is 0.0307 e. The average molecular weight is 288 g/mol. The third-order valence-electron chi connectivity index (χ3n) is 5.23. The first-order chi connectivity index (χ1) is 10.1. The molecule has 1 atom stereocenters. The molecule has 0 bridgehead atoms. The molecule has 0 amide bonds. The predicted molar refractivity (Wildman–Crippen MR) is 91.0 cm³/mol. The van der Waals surface area contributed by atoms with Crippen LogP contribution in [0.15, 0.2) is 24.3 Å². The molecule has 0 spiro atoms. The van der Waals surface area contributed by atoms with E-state index in [2.05, 4.69) is 50.5 Å². The van der Waals surface area contributed by atoms with Crippen molar-refractivity contribution >= 4 is 0 Å². The van der Waals surface area contributed by atoms with Crippen LogP contribution in [0, 0.1) is 11.3 Å². The summed E-state index contributed by atoms with van der Waals surface area (Å²) in [4.78, 5) is 0. The lowest BCUT2D eigenvalue weighted by atomic mass is 9.71. The molecule has 2 heteroatoms. The molecule has 0 radical (unpaired) electrons. The van der Waals surface area contributed by atoms with E-state index >= 15 is 0 Å². The number of hydrogen-bond donors (Lipinski definition) is 2. The zero-order valence-corrected chi connectivity index (χ0v) is 14.0. The van der Waals surface area contributed by atoms with Crippen molar-refractivity contribution in [2.75, 3.05) is 0 Å². The van der Waals surface area contributed by atoms with Crippen LogP contribution in [0.5, 0.6) is 0 Å². The fourth-order valence-corrected chi connectivity index (χ4v) is 4.19. The molecule has 1 saturated carbocycles. The van der Waals surface area contributed by atoms with E-state index in [9.17, 15) is 0 Å². The van der Waals surface area contributed by atoms with E-state index in [0.717, 1.165) is 18.8 Å². The molecular weight excluding hydrogens is 256 g/mol. The molecule has 0 heterocycles. The van der Waals surface area contributed by atoms with Gasteiger partial charge >= 0.3 is 0 Å². The molecule has 1 aromatic rings. The van der Waals surface area contributed by atoms with Gasteiger partial charge in [0.1, 0.15) is 0 Å². The first-order valence-electron chi connectivity index (χ1n) is 8.63. The second-order valence-electron chi connectivity index (χ2n) is 7.26. The largest absolute Gasteiger partial charge is 0.271 e. The number of hydrazine groups is 1. The van der Waals surface area contributed by atoms with Gasteiger partial charge in [-0.25, -0.2) is 0 Å². The van der Waals surface area contributed by atoms with Gasteiger partial charge in [-0.2, -0.15) is 0 Å². The van der Waals surface area contributed by atoms with Crippen molar-refractivity contribution in [3.8, 4) is 0 Å². The van der Waals surface area contributed by atoms with Gasteiger partial charge in [-0.1, -0.05) is 57.9 Å². The van der Waals surface area contributed by atoms with Gasteiger partial charge in [0, 0.05) is 6.04 Å². The van der Waals surface area contributed by atoms with E-state index in [0.29, 0.717) is 11.5 Å². The molecule has 118 valence electrons. The molecule has 2 rings (SSSR count). The molecule has 1 aromatic carbocycles. The fraction of sp³-hybridized carbons (Fsp3) is 0.684. The van der Waals surface area contributed by atoms with Crippen molar-refractivity contribution in [1.82, 2.24) is 5.43 Å². The van der Waals surface area contributed by atoms with E-state index in [1.807, 2.05) is 0 Å². The number of nitrogens with one attached hydrogen (secondary N) is 1. The zero-order chi connectivity index (χ0) is 15.3. The number of nitrogens with two attached hydrogens (primary N) is 1. The van der Waals surface area contributed by atoms with Crippen molar-refractivity contribution in [2.45, 2.75) is 71.8 Å². The van der Waals surface area contributed by atoms with Crippen molar-refractivity contribution in [1.29, 1.82) is 0 Å². The van der Waals surface area contributed by atoms with Crippen molar-refractivity contribution in [2.24, 2.45) is 17.2 Å². The minimum Gasteiger partial charge on any atom is -0.271 e. The Morgan fingerprint density at radius 3 is 2.14 bits per heavy atom. The fourth-order valence-electron chi connectivity index (χ4n) is 4.19. The molecular formula is C19H32N2. The van der Waals surface area contributed by atoms with Crippen LogP contribution in [0.3, 0.4) is 0 Å². The highest BCUT2D eigenvalue weighted by atomic mass is 15.2. The quantitative estimate of drug-likeness (QED) is 0.582. The van der Waals surface area contributed by atoms with E-state index in [-0.39, 0.29) is 0 Å². The van der Waals surface area contributed by atoms with Gasteiger partial charge in [0.25, 0.3) is 0 Å². The summed E-state index contributed by atoms with van der Waals surface area (Å²) in [7, 11) is 0. The summed E-state index contributed by atoms with van der Waals surface area (Å²) in [5.74, 6) is 6.70. The molecule has 1 aliphatic rings. The van der Waals surface area contributed by atoms with Gasteiger partial charge < -0.3 is 0 Å². The van der Waals surface area contributed by atoms with Crippen LogP contribution in [-0.4, -0.2) is 6.04 Å². The lowest BCUT2D eigenvalue weighted by Crippen LogP contribution is -2.49. The first-order valence-corrected chi connectivity index (χ1v) is 8.63. The van der Waals surface area contributed by atoms with Crippen LogP contribution in [-0.2, 0) is 12.8 Å². The molecule has 0 aliphatic heterocycles. The Balaban J connectivity index is 2.12. The van der Waals surface area contributed by atoms with E-state index in [1.54, 1.807) is 0 Å². The lowest BCUT2D eigenvalue weighted by Gasteiger charge is -2.39. The van der Waals surface area contributed by atoms with Crippen molar-refractivity contribution in [3.63, 3.8) is 0 Å². The lowest BCUT2D eigenvalue weighted by molar-refractivity contribution is 0.154. The summed E-state index contributed by atoms with van der Waals surface area (Å²) < 4.78 is 0. The number of benzene rings is 1. The van der Waals surface area contributed by atoms with Crippen LogP contribution in [0.4, 0.5) is 0 Å². The summed E-state index contributed by atoms with van der Waals surface area (Å²) in [5.41, 5.74) is 6.38. The maximum Gasteiger partial charge on any atom is 0.0307 e. The van der Waals surface area contributed by atoms with Crippen LogP contribution >= 0.6 is 0 Å². The van der Waals surface area contributed by atoms with E-state index in [4.69, 9.17) is 5.84 Å². The van der Waals surface area contributed by atoms with Crippen LogP contribution in [0.2, 0.25) is 0 Å². The molecule has 3 N–H and O–H groups in total. The van der Waals surface area contributed by atoms with Crippen LogP contribution in [0.25, 0.3) is 0 Å². The Kier molecular flexibility index (Phi) is 5.83. The standard InChI is InChI=1S/C19H32N2/c1-4-16-7-9-17(10-8-16)13-18(21-20)19(14-15(2)3)11-5-6-12-19/h7-10,15,18,21H,4-6,11-14,20H2,1-3H3. The predicted octanol–water partition coefficient (Wildman–Crippen LogP) is 4.23. The summed E-state index contributed by atoms with van der Waals surface area (Å²) in [6.07, 6.45) is 8.82. The van der Waals surface area contributed by atoms with Gasteiger partial charge in [0.05, 0.1) is 0 Å². The Bertz CT molecular complexity index is 416. The minimum absolute atomic E-state index is 0.395. The second kappa shape index (κ2) is 7.42. The van der Waals surface area contributed by atoms with Crippen LogP contribution in [0.1, 0.15) is 64.0 Å². The number of hydrogen-bond acceptors (Lipinski definition) is 2. The highest BCUT2D eigenvalue weighted by Gasteiger charge is 2.41. The summed E-state index contributed by atoms with van der Waals surface area (Å²) in [5, 5.41) is 0. The number of rotatable bonds is 7. The summed E-state index contributed by atoms with van der Waals surface area (Å²) in [6.45, 7) is 6.88. The minimum atomic E-state index is 0.395. The monoisotopic (exact) mass is 288 g/mol. The van der Waals surface area contributed by atoms with Gasteiger partial charge in [0.15, 0.2) is 0 Å². The topological polar surface area (TPSA) is 38.0 Å². The maximum atomic E-state index is 5.97. The first kappa shape index (κ1) is 16.5. The third-order valence-corrected chi connectivity index (χ3v) is 5.23. The van der Waals surface area contributed by atoms with E-state index in [1.165, 1.54) is 43.2 Å². The SMILES string of the molecule is CCc1ccc(CC(NN)C2(CC(C)C)CCCC2)cc1. The second-order valence-corrected chi connectivity index (χ2v) is 7.26. The average Bonchev–Trinajstić information content (AvgIpc) is 2.94. The van der Waals surface area contributed by atoms with Crippen LogP contribution < -0.4 is 11.3 Å². The molecule has 1 aliphatic carbocycles. The Labute approximate surface area is 130 Å². The highest BCUT2D eigenvalue weighted by molar-refractivity contribution is 5.23. The molecule has 21 heavy (non-hydrogen) atoms. The highest BCUT2D eigenvalue weighted by Crippen LogP contribution is 2.46. The summed E-state index contributed by atoms with van der Waals surface area (Å²) >= 11 is 0. The summed E-state index contributed by atoms with van der Waals surface area (Å²) in [6, 6.07) is 9.47. The molecule has 1 fully saturated rings. The van der Waals surface area contributed by atoms with Gasteiger partial charge in [-0.05, 0) is 54.6 Å². The maximum absolute atomic E-state index is 5.97. The Morgan fingerprint density at radius 1 is 1.10 bits per heavy atom. The molecule has 1 unspecified atom stereocenters. The third kappa shape index (κ3) is 4.08. The molecule has 0 saturated heterocycles. The Hall–Kier alpha value is -0.860. The molecule has 2 nitrogen and oxygen atoms in total. The van der Waals surface area contributed by atoms with Gasteiger partial charge in [-0.15, -0.1) is 0 Å². The number of aryl methyl sites for hydroxylation is 1. The van der Waals surface area contributed by atoms with Gasteiger partial charge in [-0.3, -0.25) is 11.3 Å². The van der Waals surface area contributed by atoms with Crippen molar-refractivity contribution < 1.29 is 0 Å². The zero-order valence-electron chi connectivity index (χ0n) is 14.0. The normalized spacial score (nSPS) is 19.1. The van der Waals surface area contributed by atoms with E-state index < -0.39 is 0 Å².